The lowest BCUT2D eigenvalue weighted by Crippen LogP contribution is -2.18. The van der Waals surface area contributed by atoms with Crippen LogP contribution in [0.5, 0.6) is 0 Å². The highest BCUT2D eigenvalue weighted by Crippen LogP contribution is 2.22. The molecule has 0 N–H and O–H groups in total. The third kappa shape index (κ3) is 15.5. The molecule has 0 radical (unpaired) electrons. The van der Waals surface area contributed by atoms with Gasteiger partial charge in [0.1, 0.15) is 5.78 Å². The van der Waals surface area contributed by atoms with Gasteiger partial charge in [-0.3, -0.25) is 0 Å². The lowest BCUT2D eigenvalue weighted by molar-refractivity contribution is -0.117. The number of methoxy groups -OCH3 is 2. The van der Waals surface area contributed by atoms with E-state index < -0.39 is 0 Å². The van der Waals surface area contributed by atoms with Crippen molar-refractivity contribution in [3.05, 3.63) is 35.9 Å². The van der Waals surface area contributed by atoms with E-state index in [-0.39, 0.29) is 17.0 Å². The molecule has 0 aliphatic carbocycles. The van der Waals surface area contributed by atoms with Gasteiger partial charge in [0.2, 0.25) is 0 Å². The molecule has 0 aliphatic heterocycles. The Morgan fingerprint density at radius 2 is 1.39 bits per heavy atom. The van der Waals surface area contributed by atoms with Crippen molar-refractivity contribution in [3.8, 4) is 0 Å². The van der Waals surface area contributed by atoms with Gasteiger partial charge in [-0.05, 0) is 53.5 Å². The molecule has 1 rings (SSSR count). The molecule has 0 amide bonds. The summed E-state index contributed by atoms with van der Waals surface area (Å²) in [4.78, 5) is 10.0. The molecule has 0 bridgehead atoms. The number of hydrogen-bond donors (Lipinski definition) is 0. The van der Waals surface area contributed by atoms with Crippen LogP contribution in [0.3, 0.4) is 0 Å². The van der Waals surface area contributed by atoms with Gasteiger partial charge in [0.05, 0.1) is 11.2 Å². The molecule has 0 aliphatic rings. The molecule has 3 heteroatoms. The minimum absolute atomic E-state index is 0.0417. The van der Waals surface area contributed by atoms with Crippen molar-refractivity contribution in [2.75, 3.05) is 14.2 Å². The van der Waals surface area contributed by atoms with Gasteiger partial charge in [0.25, 0.3) is 0 Å². The lowest BCUT2D eigenvalue weighted by atomic mass is 9.98. The Morgan fingerprint density at radius 1 is 0.957 bits per heavy atom. The second-order valence-corrected chi connectivity index (χ2v) is 6.85. The molecule has 0 aromatic heterocycles. The molecule has 0 saturated heterocycles. The summed E-state index contributed by atoms with van der Waals surface area (Å²) >= 11 is 0. The first kappa shape index (κ1) is 24.1. The maximum Gasteiger partial charge on any atom is 0.129 e. The Morgan fingerprint density at radius 3 is 1.61 bits per heavy atom. The standard InChI is InChI=1S/C10H14O.C5H12O.C5H10O/c1-10(2,11-3)9-7-5-4-6-8-9;1-5(2,3)6-4;1-3-4-5(2)6/h4-8H,1-3H3;1-4H3;3-4H2,1-2H3. The fourth-order valence-electron chi connectivity index (χ4n) is 1.31. The van der Waals surface area contributed by atoms with Crippen LogP contribution in [0.2, 0.25) is 0 Å². The van der Waals surface area contributed by atoms with Gasteiger partial charge in [-0.15, -0.1) is 0 Å². The van der Waals surface area contributed by atoms with Crippen LogP contribution >= 0.6 is 0 Å². The monoisotopic (exact) mass is 324 g/mol. The Labute approximate surface area is 143 Å². The number of benzene rings is 1. The second kappa shape index (κ2) is 12.3. The smallest absolute Gasteiger partial charge is 0.129 e. The topological polar surface area (TPSA) is 35.5 Å². The Kier molecular flexibility index (Phi) is 12.8. The normalized spacial score (nSPS) is 10.8. The average Bonchev–Trinajstić information content (AvgIpc) is 2.48. The summed E-state index contributed by atoms with van der Waals surface area (Å²) in [7, 11) is 3.44. The SMILES string of the molecule is CCCC(C)=O.COC(C)(C)C.COC(C)(C)c1ccccc1. The fraction of sp³-hybridized carbons (Fsp3) is 0.650. The van der Waals surface area contributed by atoms with E-state index in [1.54, 1.807) is 21.1 Å². The van der Waals surface area contributed by atoms with E-state index in [4.69, 9.17) is 9.47 Å². The van der Waals surface area contributed by atoms with E-state index in [9.17, 15) is 4.79 Å². The molecule has 0 atom stereocenters. The van der Waals surface area contributed by atoms with Crippen molar-refractivity contribution >= 4 is 5.78 Å². The van der Waals surface area contributed by atoms with Gasteiger partial charge in [-0.2, -0.15) is 0 Å². The third-order valence-electron chi connectivity index (χ3n) is 3.19. The van der Waals surface area contributed by atoms with E-state index in [2.05, 4.69) is 26.0 Å². The predicted molar refractivity (Wildman–Crippen MR) is 98.8 cm³/mol. The summed E-state index contributed by atoms with van der Waals surface area (Å²) in [5.74, 6) is 0.289. The van der Waals surface area contributed by atoms with Crippen molar-refractivity contribution in [1.82, 2.24) is 0 Å². The molecule has 1 aromatic rings. The zero-order valence-corrected chi connectivity index (χ0v) is 16.5. The maximum atomic E-state index is 10.0. The Bertz CT molecular complexity index is 403. The van der Waals surface area contributed by atoms with Crippen LogP contribution in [0, 0.1) is 0 Å². The minimum Gasteiger partial charge on any atom is -0.379 e. The van der Waals surface area contributed by atoms with Crippen molar-refractivity contribution in [3.63, 3.8) is 0 Å². The summed E-state index contributed by atoms with van der Waals surface area (Å²) < 4.78 is 10.3. The summed E-state index contributed by atoms with van der Waals surface area (Å²) in [5, 5.41) is 0. The highest BCUT2D eigenvalue weighted by molar-refractivity contribution is 5.75. The predicted octanol–water partition coefficient (Wildman–Crippen LogP) is 5.37. The third-order valence-corrected chi connectivity index (χ3v) is 3.19. The molecule has 0 heterocycles. The van der Waals surface area contributed by atoms with Crippen molar-refractivity contribution in [1.29, 1.82) is 0 Å². The maximum absolute atomic E-state index is 10.0. The largest absolute Gasteiger partial charge is 0.379 e. The Hall–Kier alpha value is -1.19. The van der Waals surface area contributed by atoms with Crippen molar-refractivity contribution in [2.45, 2.75) is 72.5 Å². The summed E-state index contributed by atoms with van der Waals surface area (Å²) in [6, 6.07) is 10.2. The summed E-state index contributed by atoms with van der Waals surface area (Å²) in [6.07, 6.45) is 1.72. The second-order valence-electron chi connectivity index (χ2n) is 6.85. The zero-order valence-electron chi connectivity index (χ0n) is 16.5. The van der Waals surface area contributed by atoms with Crippen LogP contribution < -0.4 is 0 Å². The summed E-state index contributed by atoms with van der Waals surface area (Å²) in [5.41, 5.74) is 1.09. The molecule has 3 nitrogen and oxygen atoms in total. The molecule has 0 saturated carbocycles. The van der Waals surface area contributed by atoms with Gasteiger partial charge in [-0.25, -0.2) is 0 Å². The van der Waals surface area contributed by atoms with E-state index in [0.29, 0.717) is 0 Å². The number of rotatable bonds is 4. The first-order valence-electron chi connectivity index (χ1n) is 8.15. The van der Waals surface area contributed by atoms with Gasteiger partial charge in [-0.1, -0.05) is 37.3 Å². The molecule has 134 valence electrons. The Balaban J connectivity index is 0. The van der Waals surface area contributed by atoms with Gasteiger partial charge in [0.15, 0.2) is 0 Å². The first-order chi connectivity index (χ1) is 10.5. The van der Waals surface area contributed by atoms with Crippen molar-refractivity contribution < 1.29 is 14.3 Å². The van der Waals surface area contributed by atoms with Crippen molar-refractivity contribution in [2.24, 2.45) is 0 Å². The van der Waals surface area contributed by atoms with E-state index >= 15 is 0 Å². The number of ether oxygens (including phenoxy) is 2. The van der Waals surface area contributed by atoms with E-state index in [1.807, 2.05) is 45.9 Å². The molecule has 0 spiro atoms. The van der Waals surface area contributed by atoms with E-state index in [0.717, 1.165) is 12.8 Å². The molecular weight excluding hydrogens is 288 g/mol. The zero-order chi connectivity index (χ0) is 18.5. The fourth-order valence-corrected chi connectivity index (χ4v) is 1.31. The van der Waals surface area contributed by atoms with Crippen LogP contribution in [0.15, 0.2) is 30.3 Å². The number of ketones is 1. The highest BCUT2D eigenvalue weighted by atomic mass is 16.5. The molecule has 23 heavy (non-hydrogen) atoms. The average molecular weight is 325 g/mol. The van der Waals surface area contributed by atoms with Crippen LogP contribution in [-0.2, 0) is 19.9 Å². The number of hydrogen-bond acceptors (Lipinski definition) is 3. The van der Waals surface area contributed by atoms with Gasteiger partial charge >= 0.3 is 0 Å². The molecule has 1 aromatic carbocycles. The highest BCUT2D eigenvalue weighted by Gasteiger charge is 2.17. The lowest BCUT2D eigenvalue weighted by Gasteiger charge is -2.22. The quantitative estimate of drug-likeness (QED) is 0.746. The first-order valence-corrected chi connectivity index (χ1v) is 8.15. The minimum atomic E-state index is -0.165. The van der Waals surface area contributed by atoms with E-state index in [1.165, 1.54) is 5.56 Å². The number of carbonyl (C=O) groups is 1. The summed E-state index contributed by atoms with van der Waals surface area (Å²) in [6.45, 7) is 13.8. The number of Topliss-reactive ketones (excluding diaryl/α,β-unsaturated/α-hetero) is 1. The molecule has 0 fully saturated rings. The van der Waals surface area contributed by atoms with Gasteiger partial charge in [0, 0.05) is 20.6 Å². The molecule has 0 unspecified atom stereocenters. The van der Waals surface area contributed by atoms with Crippen LogP contribution in [0.25, 0.3) is 0 Å². The van der Waals surface area contributed by atoms with Crippen LogP contribution in [0.4, 0.5) is 0 Å². The molecular formula is C20H36O3. The van der Waals surface area contributed by atoms with Gasteiger partial charge < -0.3 is 14.3 Å². The number of carbonyl (C=O) groups excluding carboxylic acids is 1. The van der Waals surface area contributed by atoms with Crippen LogP contribution in [-0.4, -0.2) is 25.6 Å². The van der Waals surface area contributed by atoms with Crippen LogP contribution in [0.1, 0.15) is 66.9 Å².